The molecule has 0 bridgehead atoms. The van der Waals surface area contributed by atoms with Gasteiger partial charge in [-0.1, -0.05) is 0 Å². The predicted octanol–water partition coefficient (Wildman–Crippen LogP) is 0.384. The minimum absolute atomic E-state index is 0.160. The second-order valence-corrected chi connectivity index (χ2v) is 3.16. The zero-order valence-corrected chi connectivity index (χ0v) is 7.98. The molecular formula is C9H10N4O. The minimum atomic E-state index is -0.160. The highest BCUT2D eigenvalue weighted by molar-refractivity contribution is 5.73. The number of aromatic nitrogens is 3. The van der Waals surface area contributed by atoms with Crippen LogP contribution in [0.4, 0.5) is 5.95 Å². The largest absolute Gasteiger partial charge is 0.348 e. The van der Waals surface area contributed by atoms with Crippen LogP contribution in [0, 0.1) is 0 Å². The smallest absolute Gasteiger partial charge is 0.261 e. The number of rotatable bonds is 1. The lowest BCUT2D eigenvalue weighted by atomic mass is 10.3. The zero-order valence-electron chi connectivity index (χ0n) is 7.98. The van der Waals surface area contributed by atoms with Gasteiger partial charge in [-0.2, -0.15) is 4.98 Å². The van der Waals surface area contributed by atoms with Crippen molar-refractivity contribution in [2.45, 2.75) is 0 Å². The minimum Gasteiger partial charge on any atom is -0.348 e. The monoisotopic (exact) mass is 190 g/mol. The van der Waals surface area contributed by atoms with Crippen LogP contribution in [0.25, 0.3) is 11.0 Å². The molecule has 14 heavy (non-hydrogen) atoms. The van der Waals surface area contributed by atoms with E-state index in [-0.39, 0.29) is 5.56 Å². The van der Waals surface area contributed by atoms with Crippen molar-refractivity contribution in [1.29, 1.82) is 0 Å². The SMILES string of the molecule is CN(C)c1nc2ncccc2c(=O)[nH]1. The van der Waals surface area contributed by atoms with Crippen LogP contribution in [0.2, 0.25) is 0 Å². The highest BCUT2D eigenvalue weighted by Crippen LogP contribution is 2.06. The van der Waals surface area contributed by atoms with E-state index in [1.807, 2.05) is 14.1 Å². The zero-order chi connectivity index (χ0) is 10.1. The highest BCUT2D eigenvalue weighted by Gasteiger charge is 2.04. The average molecular weight is 190 g/mol. The van der Waals surface area contributed by atoms with Crippen LogP contribution in [0.5, 0.6) is 0 Å². The van der Waals surface area contributed by atoms with Crippen molar-refractivity contribution in [2.24, 2.45) is 0 Å². The number of H-pyrrole nitrogens is 1. The molecule has 0 saturated carbocycles. The summed E-state index contributed by atoms with van der Waals surface area (Å²) in [6.07, 6.45) is 1.62. The number of hydrogen-bond acceptors (Lipinski definition) is 4. The third-order valence-corrected chi connectivity index (χ3v) is 1.89. The van der Waals surface area contributed by atoms with E-state index < -0.39 is 0 Å². The standard InChI is InChI=1S/C9H10N4O/c1-13(2)9-11-7-6(8(14)12-9)4-3-5-10-7/h3-5H,1-2H3,(H,10,11,12,14). The Labute approximate surface area is 80.4 Å². The summed E-state index contributed by atoms with van der Waals surface area (Å²) in [6.45, 7) is 0. The van der Waals surface area contributed by atoms with Gasteiger partial charge in [-0.05, 0) is 12.1 Å². The molecule has 5 nitrogen and oxygen atoms in total. The van der Waals surface area contributed by atoms with E-state index in [9.17, 15) is 4.79 Å². The van der Waals surface area contributed by atoms with Gasteiger partial charge < -0.3 is 4.90 Å². The lowest BCUT2D eigenvalue weighted by Gasteiger charge is -2.09. The van der Waals surface area contributed by atoms with Crippen LogP contribution in [0.3, 0.4) is 0 Å². The van der Waals surface area contributed by atoms with Crippen LogP contribution in [0.15, 0.2) is 23.1 Å². The van der Waals surface area contributed by atoms with E-state index >= 15 is 0 Å². The topological polar surface area (TPSA) is 61.9 Å². The van der Waals surface area contributed by atoms with Crippen molar-refractivity contribution >= 4 is 17.0 Å². The van der Waals surface area contributed by atoms with Crippen molar-refractivity contribution in [3.63, 3.8) is 0 Å². The maximum Gasteiger partial charge on any atom is 0.261 e. The molecule has 0 aliphatic carbocycles. The van der Waals surface area contributed by atoms with Crippen LogP contribution in [-0.2, 0) is 0 Å². The first-order valence-electron chi connectivity index (χ1n) is 4.21. The Balaban J connectivity index is 2.79. The number of nitrogens with zero attached hydrogens (tertiary/aromatic N) is 3. The summed E-state index contributed by atoms with van der Waals surface area (Å²) in [5.74, 6) is 0.515. The molecule has 2 heterocycles. The van der Waals surface area contributed by atoms with Gasteiger partial charge in [0, 0.05) is 20.3 Å². The lowest BCUT2D eigenvalue weighted by Crippen LogP contribution is -2.19. The number of hydrogen-bond donors (Lipinski definition) is 1. The van der Waals surface area contributed by atoms with E-state index in [1.165, 1.54) is 0 Å². The predicted molar refractivity (Wildman–Crippen MR) is 54.5 cm³/mol. The van der Waals surface area contributed by atoms with Crippen LogP contribution < -0.4 is 10.5 Å². The van der Waals surface area contributed by atoms with Crippen LogP contribution in [-0.4, -0.2) is 29.0 Å². The van der Waals surface area contributed by atoms with Gasteiger partial charge in [0.2, 0.25) is 5.95 Å². The molecule has 0 fully saturated rings. The summed E-state index contributed by atoms with van der Waals surface area (Å²) >= 11 is 0. The fourth-order valence-corrected chi connectivity index (χ4v) is 1.17. The first kappa shape index (κ1) is 8.68. The summed E-state index contributed by atoms with van der Waals surface area (Å²) < 4.78 is 0. The Morgan fingerprint density at radius 3 is 2.93 bits per heavy atom. The fourth-order valence-electron chi connectivity index (χ4n) is 1.17. The van der Waals surface area contributed by atoms with Crippen molar-refractivity contribution < 1.29 is 0 Å². The van der Waals surface area contributed by atoms with E-state index in [4.69, 9.17) is 0 Å². The van der Waals surface area contributed by atoms with Gasteiger partial charge in [0.25, 0.3) is 5.56 Å². The quantitative estimate of drug-likeness (QED) is 0.706. The molecule has 0 saturated heterocycles. The molecule has 2 aromatic heterocycles. The van der Waals surface area contributed by atoms with Gasteiger partial charge in [-0.25, -0.2) is 4.98 Å². The Kier molecular flexibility index (Phi) is 1.92. The van der Waals surface area contributed by atoms with Gasteiger partial charge in [-0.3, -0.25) is 9.78 Å². The molecule has 5 heteroatoms. The molecule has 0 atom stereocenters. The second kappa shape index (κ2) is 3.10. The molecule has 72 valence electrons. The second-order valence-electron chi connectivity index (χ2n) is 3.16. The third kappa shape index (κ3) is 1.32. The summed E-state index contributed by atoms with van der Waals surface area (Å²) in [7, 11) is 3.63. The van der Waals surface area contributed by atoms with E-state index in [0.717, 1.165) is 0 Å². The molecular weight excluding hydrogens is 180 g/mol. The third-order valence-electron chi connectivity index (χ3n) is 1.89. The molecule has 0 aliphatic rings. The van der Waals surface area contributed by atoms with Crippen molar-refractivity contribution in [3.05, 3.63) is 28.7 Å². The Bertz CT molecular complexity index is 517. The Morgan fingerprint density at radius 1 is 1.43 bits per heavy atom. The van der Waals surface area contributed by atoms with Crippen LogP contribution >= 0.6 is 0 Å². The molecule has 2 rings (SSSR count). The number of nitrogens with one attached hydrogen (secondary N) is 1. The highest BCUT2D eigenvalue weighted by atomic mass is 16.1. The van der Waals surface area contributed by atoms with Gasteiger partial charge in [0.15, 0.2) is 5.65 Å². The molecule has 0 spiro atoms. The molecule has 2 aromatic rings. The first-order chi connectivity index (χ1) is 6.68. The van der Waals surface area contributed by atoms with Crippen molar-refractivity contribution in [3.8, 4) is 0 Å². The fraction of sp³-hybridized carbons (Fsp3) is 0.222. The maximum absolute atomic E-state index is 11.5. The summed E-state index contributed by atoms with van der Waals surface area (Å²) in [5.41, 5.74) is 0.312. The summed E-state index contributed by atoms with van der Waals surface area (Å²) in [4.78, 5) is 24.2. The van der Waals surface area contributed by atoms with E-state index in [1.54, 1.807) is 23.2 Å². The van der Waals surface area contributed by atoms with Gasteiger partial charge in [0.05, 0.1) is 5.39 Å². The molecule has 0 unspecified atom stereocenters. The number of anilines is 1. The Morgan fingerprint density at radius 2 is 2.21 bits per heavy atom. The van der Waals surface area contributed by atoms with Gasteiger partial charge >= 0.3 is 0 Å². The van der Waals surface area contributed by atoms with Crippen molar-refractivity contribution in [2.75, 3.05) is 19.0 Å². The number of fused-ring (bicyclic) bond motifs is 1. The molecule has 0 aromatic carbocycles. The lowest BCUT2D eigenvalue weighted by molar-refractivity contribution is 0.994. The molecule has 0 amide bonds. The van der Waals surface area contributed by atoms with E-state index in [0.29, 0.717) is 17.0 Å². The maximum atomic E-state index is 11.5. The summed E-state index contributed by atoms with van der Waals surface area (Å²) in [5, 5.41) is 0.512. The van der Waals surface area contributed by atoms with Gasteiger partial charge in [-0.15, -0.1) is 0 Å². The normalized spacial score (nSPS) is 10.4. The molecule has 0 radical (unpaired) electrons. The number of aromatic amines is 1. The molecule has 0 aliphatic heterocycles. The first-order valence-corrected chi connectivity index (χ1v) is 4.21. The van der Waals surface area contributed by atoms with Gasteiger partial charge in [0.1, 0.15) is 0 Å². The summed E-state index contributed by atoms with van der Waals surface area (Å²) in [6, 6.07) is 3.42. The number of pyridine rings is 1. The van der Waals surface area contributed by atoms with E-state index in [2.05, 4.69) is 15.0 Å². The van der Waals surface area contributed by atoms with Crippen LogP contribution in [0.1, 0.15) is 0 Å². The average Bonchev–Trinajstić information content (AvgIpc) is 2.17. The van der Waals surface area contributed by atoms with Crippen molar-refractivity contribution in [1.82, 2.24) is 15.0 Å². The Hall–Kier alpha value is -1.91. The molecule has 1 N–H and O–H groups in total.